The summed E-state index contributed by atoms with van der Waals surface area (Å²) in [6, 6.07) is 0. The quantitative estimate of drug-likeness (QED) is 0.377. The molecule has 0 aliphatic heterocycles. The summed E-state index contributed by atoms with van der Waals surface area (Å²) in [5.74, 6) is -21.6. The smallest absolute Gasteiger partial charge is 0.350 e. The van der Waals surface area contributed by atoms with Crippen LogP contribution in [-0.2, 0) is 14.4 Å². The monoisotopic (exact) mass is 216 g/mol. The maximum Gasteiger partial charge on any atom is 0.350 e. The minimum atomic E-state index is -5.58. The molecule has 0 saturated carbocycles. The Morgan fingerprint density at radius 1 is 0.786 bits per heavy atom. The Morgan fingerprint density at radius 3 is 1.14 bits per heavy atom. The van der Waals surface area contributed by atoms with E-state index in [9.17, 15) is 42.2 Å². The molecule has 0 amide bonds. The lowest BCUT2D eigenvalue weighted by Crippen LogP contribution is -2.58. The van der Waals surface area contributed by atoms with E-state index in [1.54, 1.807) is 0 Å². The van der Waals surface area contributed by atoms with Crippen LogP contribution in [0.2, 0.25) is 0 Å². The number of carbonyl (C=O) groups is 3. The molecule has 0 atom stereocenters. The van der Waals surface area contributed by atoms with Crippen molar-refractivity contribution in [1.82, 2.24) is 0 Å². The molecule has 0 heterocycles. The molecule has 0 radical (unpaired) electrons. The lowest BCUT2D eigenvalue weighted by Gasteiger charge is -2.22. The molecule has 0 aromatic carbocycles. The molecule has 0 fully saturated rings. The fourth-order valence-electron chi connectivity index (χ4n) is 0.383. The molecule has 80 valence electrons. The van der Waals surface area contributed by atoms with Crippen molar-refractivity contribution in [3.05, 3.63) is 0 Å². The second-order valence-corrected chi connectivity index (χ2v) is 2.05. The summed E-state index contributed by atoms with van der Waals surface area (Å²) in [4.78, 5) is 29.0. The number of aliphatic carboxylic acids is 2. The van der Waals surface area contributed by atoms with Crippen molar-refractivity contribution in [3.63, 3.8) is 0 Å². The van der Waals surface area contributed by atoms with Crippen LogP contribution in [-0.4, -0.2) is 29.6 Å². The van der Waals surface area contributed by atoms with E-state index in [1.807, 2.05) is 0 Å². The lowest BCUT2D eigenvalue weighted by atomic mass is 10.1. The van der Waals surface area contributed by atoms with Gasteiger partial charge in [-0.15, -0.1) is 0 Å². The highest BCUT2D eigenvalue weighted by atomic mass is 19.3. The van der Waals surface area contributed by atoms with Gasteiger partial charge in [0.25, 0.3) is 5.78 Å². The van der Waals surface area contributed by atoms with Gasteiger partial charge in [0.05, 0.1) is 0 Å². The summed E-state index contributed by atoms with van der Waals surface area (Å²) in [5.41, 5.74) is 0. The minimum absolute atomic E-state index is 3.41. The molecule has 0 saturated heterocycles. The zero-order valence-corrected chi connectivity index (χ0v) is 6.05. The average molecular weight is 216 g/mol. The van der Waals surface area contributed by atoms with Crippen LogP contribution < -0.4 is 10.2 Å². The SMILES string of the molecule is O=C([O-])C(F)(F)C(=O)C(F)(F)C(=O)[O-]. The van der Waals surface area contributed by atoms with Crippen molar-refractivity contribution in [3.8, 4) is 0 Å². The van der Waals surface area contributed by atoms with Gasteiger partial charge in [-0.3, -0.25) is 4.79 Å². The largest absolute Gasteiger partial charge is 0.544 e. The zero-order chi connectivity index (χ0) is 11.7. The molecule has 0 aliphatic carbocycles. The third kappa shape index (κ3) is 1.80. The lowest BCUT2D eigenvalue weighted by molar-refractivity contribution is -0.333. The van der Waals surface area contributed by atoms with Crippen LogP contribution >= 0.6 is 0 Å². The van der Waals surface area contributed by atoms with Gasteiger partial charge in [0.1, 0.15) is 11.9 Å². The van der Waals surface area contributed by atoms with E-state index in [0.717, 1.165) is 0 Å². The second-order valence-electron chi connectivity index (χ2n) is 2.05. The van der Waals surface area contributed by atoms with Gasteiger partial charge >= 0.3 is 11.8 Å². The normalized spacial score (nSPS) is 12.3. The van der Waals surface area contributed by atoms with Crippen molar-refractivity contribution in [2.75, 3.05) is 0 Å². The maximum absolute atomic E-state index is 12.0. The number of alkyl halides is 4. The number of carboxylic acids is 2. The predicted molar refractivity (Wildman–Crippen MR) is 24.9 cm³/mol. The molecular weight excluding hydrogens is 216 g/mol. The van der Waals surface area contributed by atoms with Gasteiger partial charge in [-0.05, 0) is 0 Å². The van der Waals surface area contributed by atoms with Gasteiger partial charge in [0.15, 0.2) is 0 Å². The fraction of sp³-hybridized carbons (Fsp3) is 0.400. The Labute approximate surface area is 72.9 Å². The molecule has 0 N–H and O–H groups in total. The number of ketones is 1. The first-order valence-corrected chi connectivity index (χ1v) is 2.78. The number of carbonyl (C=O) groups excluding carboxylic acids is 3. The van der Waals surface area contributed by atoms with Crippen molar-refractivity contribution in [2.24, 2.45) is 0 Å². The topological polar surface area (TPSA) is 97.3 Å². The Morgan fingerprint density at radius 2 is 1.00 bits per heavy atom. The number of carboxylic acid groups (broad SMARTS) is 2. The van der Waals surface area contributed by atoms with Crippen LogP contribution in [0, 0.1) is 0 Å². The number of hydrogen-bond acceptors (Lipinski definition) is 5. The Kier molecular flexibility index (Phi) is 2.85. The summed E-state index contributed by atoms with van der Waals surface area (Å²) in [6.45, 7) is 0. The predicted octanol–water partition coefficient (Wildman–Crippen LogP) is -2.67. The summed E-state index contributed by atoms with van der Waals surface area (Å²) in [6.07, 6.45) is 0. The molecule has 0 bridgehead atoms. The maximum atomic E-state index is 12.0. The van der Waals surface area contributed by atoms with Crippen LogP contribution in [0.5, 0.6) is 0 Å². The first-order valence-electron chi connectivity index (χ1n) is 2.78. The average Bonchev–Trinajstić information content (AvgIpc) is 2.02. The zero-order valence-electron chi connectivity index (χ0n) is 6.05. The van der Waals surface area contributed by atoms with Gasteiger partial charge < -0.3 is 19.8 Å². The van der Waals surface area contributed by atoms with Gasteiger partial charge in [0.2, 0.25) is 0 Å². The molecular formula is C5F4O5-2. The molecule has 0 aromatic heterocycles. The number of halogens is 4. The van der Waals surface area contributed by atoms with E-state index in [-0.39, 0.29) is 0 Å². The van der Waals surface area contributed by atoms with E-state index < -0.39 is 29.6 Å². The molecule has 0 rings (SSSR count). The van der Waals surface area contributed by atoms with E-state index in [1.165, 1.54) is 0 Å². The van der Waals surface area contributed by atoms with Crippen LogP contribution in [0.25, 0.3) is 0 Å². The Hall–Kier alpha value is -1.67. The molecule has 0 spiro atoms. The summed E-state index contributed by atoms with van der Waals surface area (Å²) >= 11 is 0. The standard InChI is InChI=1S/C5H2F4O5/c6-4(7,2(11)12)1(10)5(8,9)3(13)14/h(H,11,12)(H,13,14)/p-2. The van der Waals surface area contributed by atoms with Crippen LogP contribution in [0.15, 0.2) is 0 Å². The number of hydrogen-bond donors (Lipinski definition) is 0. The molecule has 9 heteroatoms. The second kappa shape index (κ2) is 3.24. The van der Waals surface area contributed by atoms with Crippen LogP contribution in [0.3, 0.4) is 0 Å². The molecule has 5 nitrogen and oxygen atoms in total. The van der Waals surface area contributed by atoms with Gasteiger partial charge in [0, 0.05) is 0 Å². The third-order valence-corrected chi connectivity index (χ3v) is 1.08. The summed E-state index contributed by atoms with van der Waals surface area (Å²) in [7, 11) is 0. The first-order chi connectivity index (χ1) is 6.04. The third-order valence-electron chi connectivity index (χ3n) is 1.08. The fourth-order valence-corrected chi connectivity index (χ4v) is 0.383. The first kappa shape index (κ1) is 12.3. The van der Waals surface area contributed by atoms with Crippen molar-refractivity contribution >= 4 is 17.7 Å². The highest BCUT2D eigenvalue weighted by molar-refractivity contribution is 6.15. The van der Waals surface area contributed by atoms with Crippen molar-refractivity contribution < 1.29 is 42.2 Å². The summed E-state index contributed by atoms with van der Waals surface area (Å²) < 4.78 is 48.1. The van der Waals surface area contributed by atoms with Crippen LogP contribution in [0.4, 0.5) is 17.6 Å². The summed E-state index contributed by atoms with van der Waals surface area (Å²) in [5, 5.41) is 19.0. The van der Waals surface area contributed by atoms with E-state index >= 15 is 0 Å². The minimum Gasteiger partial charge on any atom is -0.544 e. The number of Topliss-reactive ketones (excluding diaryl/α,β-unsaturated/α-hetero) is 1. The van der Waals surface area contributed by atoms with Gasteiger partial charge in [-0.1, -0.05) is 0 Å². The number of rotatable bonds is 4. The van der Waals surface area contributed by atoms with Gasteiger partial charge in [-0.2, -0.15) is 17.6 Å². The van der Waals surface area contributed by atoms with Gasteiger partial charge in [-0.25, -0.2) is 0 Å². The van der Waals surface area contributed by atoms with E-state index in [4.69, 9.17) is 0 Å². The highest BCUT2D eigenvalue weighted by Crippen LogP contribution is 2.25. The van der Waals surface area contributed by atoms with Crippen molar-refractivity contribution in [1.29, 1.82) is 0 Å². The molecule has 14 heavy (non-hydrogen) atoms. The highest BCUT2D eigenvalue weighted by Gasteiger charge is 2.56. The Balaban J connectivity index is 5.16. The van der Waals surface area contributed by atoms with E-state index in [0.29, 0.717) is 0 Å². The van der Waals surface area contributed by atoms with Crippen molar-refractivity contribution in [2.45, 2.75) is 11.8 Å². The molecule has 0 unspecified atom stereocenters. The molecule has 0 aliphatic rings. The van der Waals surface area contributed by atoms with E-state index in [2.05, 4.69) is 0 Å². The molecule has 0 aromatic rings. The Bertz CT molecular complexity index is 268. The van der Waals surface area contributed by atoms with Crippen LogP contribution in [0.1, 0.15) is 0 Å².